The van der Waals surface area contributed by atoms with Crippen LogP contribution in [0.5, 0.6) is 0 Å². The maximum absolute atomic E-state index is 12.8. The summed E-state index contributed by atoms with van der Waals surface area (Å²) in [6.45, 7) is 9.52. The second kappa shape index (κ2) is 7.52. The molecule has 1 aromatic rings. The van der Waals surface area contributed by atoms with Crippen LogP contribution in [-0.4, -0.2) is 54.5 Å². The number of carbonyl (C=O) groups excluding carboxylic acids is 1. The molecule has 1 aliphatic rings. The summed E-state index contributed by atoms with van der Waals surface area (Å²) in [4.78, 5) is 16.8. The SMILES string of the molecule is CCN1CCN(C(C)C(=O)NCc2ccc(F)cc2)CC1. The fourth-order valence-corrected chi connectivity index (χ4v) is 2.57. The number of amides is 1. The fraction of sp³-hybridized carbons (Fsp3) is 0.562. The summed E-state index contributed by atoms with van der Waals surface area (Å²) < 4.78 is 12.8. The van der Waals surface area contributed by atoms with E-state index in [2.05, 4.69) is 22.0 Å². The van der Waals surface area contributed by atoms with E-state index in [0.717, 1.165) is 38.3 Å². The van der Waals surface area contributed by atoms with Crippen LogP contribution in [0, 0.1) is 5.82 Å². The summed E-state index contributed by atoms with van der Waals surface area (Å²) in [5.74, 6) is -0.225. The highest BCUT2D eigenvalue weighted by Crippen LogP contribution is 2.07. The molecule has 116 valence electrons. The van der Waals surface area contributed by atoms with Gasteiger partial charge in [-0.3, -0.25) is 9.69 Å². The Labute approximate surface area is 125 Å². The van der Waals surface area contributed by atoms with Crippen LogP contribution in [0.3, 0.4) is 0 Å². The molecule has 0 bridgehead atoms. The lowest BCUT2D eigenvalue weighted by molar-refractivity contribution is -0.126. The van der Waals surface area contributed by atoms with Gasteiger partial charge in [0.05, 0.1) is 6.04 Å². The summed E-state index contributed by atoms with van der Waals surface area (Å²) in [5, 5.41) is 2.92. The third-order valence-electron chi connectivity index (χ3n) is 4.16. The molecule has 5 heteroatoms. The Hall–Kier alpha value is -1.46. The predicted molar refractivity (Wildman–Crippen MR) is 81.4 cm³/mol. The number of likely N-dealkylation sites (N-methyl/N-ethyl adjacent to an activating group) is 1. The lowest BCUT2D eigenvalue weighted by atomic mass is 10.2. The van der Waals surface area contributed by atoms with Gasteiger partial charge in [-0.2, -0.15) is 0 Å². The Morgan fingerprint density at radius 2 is 1.86 bits per heavy atom. The molecular formula is C16H24FN3O. The van der Waals surface area contributed by atoms with Crippen LogP contribution in [0.4, 0.5) is 4.39 Å². The van der Waals surface area contributed by atoms with E-state index in [-0.39, 0.29) is 17.8 Å². The van der Waals surface area contributed by atoms with E-state index in [9.17, 15) is 9.18 Å². The Morgan fingerprint density at radius 3 is 2.43 bits per heavy atom. The largest absolute Gasteiger partial charge is 0.351 e. The van der Waals surface area contributed by atoms with Crippen molar-refractivity contribution in [2.75, 3.05) is 32.7 Å². The first kappa shape index (κ1) is 15.9. The predicted octanol–water partition coefficient (Wildman–Crippen LogP) is 1.47. The zero-order valence-corrected chi connectivity index (χ0v) is 12.8. The molecule has 1 aromatic carbocycles. The zero-order valence-electron chi connectivity index (χ0n) is 12.8. The van der Waals surface area contributed by atoms with Crippen LogP contribution in [-0.2, 0) is 11.3 Å². The molecule has 0 saturated carbocycles. The molecule has 0 spiro atoms. The van der Waals surface area contributed by atoms with Crippen LogP contribution in [0.15, 0.2) is 24.3 Å². The standard InChI is InChI=1S/C16H24FN3O/c1-3-19-8-10-20(11-9-19)13(2)16(21)18-12-14-4-6-15(17)7-5-14/h4-7,13H,3,8-12H2,1-2H3,(H,18,21). The van der Waals surface area contributed by atoms with E-state index in [0.29, 0.717) is 6.54 Å². The van der Waals surface area contributed by atoms with Gasteiger partial charge < -0.3 is 10.2 Å². The molecule has 1 N–H and O–H groups in total. The van der Waals surface area contributed by atoms with Gasteiger partial charge in [0.1, 0.15) is 5.82 Å². The molecule has 1 amide bonds. The molecule has 1 heterocycles. The third kappa shape index (κ3) is 4.51. The van der Waals surface area contributed by atoms with Crippen molar-refractivity contribution < 1.29 is 9.18 Å². The van der Waals surface area contributed by atoms with E-state index >= 15 is 0 Å². The van der Waals surface area contributed by atoms with Gasteiger partial charge in [-0.15, -0.1) is 0 Å². The van der Waals surface area contributed by atoms with Crippen molar-refractivity contribution in [3.8, 4) is 0 Å². The van der Waals surface area contributed by atoms with Crippen molar-refractivity contribution in [1.29, 1.82) is 0 Å². The van der Waals surface area contributed by atoms with Crippen molar-refractivity contribution in [3.63, 3.8) is 0 Å². The van der Waals surface area contributed by atoms with E-state index in [1.807, 2.05) is 6.92 Å². The van der Waals surface area contributed by atoms with Crippen LogP contribution in [0.1, 0.15) is 19.4 Å². The lowest BCUT2D eigenvalue weighted by Gasteiger charge is -2.36. The second-order valence-electron chi connectivity index (χ2n) is 5.49. The minimum absolute atomic E-state index is 0.0317. The van der Waals surface area contributed by atoms with E-state index in [4.69, 9.17) is 0 Å². The highest BCUT2D eigenvalue weighted by Gasteiger charge is 2.24. The van der Waals surface area contributed by atoms with Gasteiger partial charge in [0, 0.05) is 32.7 Å². The molecule has 1 fully saturated rings. The van der Waals surface area contributed by atoms with Crippen LogP contribution in [0.2, 0.25) is 0 Å². The van der Waals surface area contributed by atoms with Gasteiger partial charge in [0.2, 0.25) is 5.91 Å². The van der Waals surface area contributed by atoms with E-state index in [1.165, 1.54) is 12.1 Å². The maximum Gasteiger partial charge on any atom is 0.237 e. The Bertz CT molecular complexity index is 455. The second-order valence-corrected chi connectivity index (χ2v) is 5.49. The molecule has 4 nitrogen and oxygen atoms in total. The van der Waals surface area contributed by atoms with Gasteiger partial charge >= 0.3 is 0 Å². The Kier molecular flexibility index (Phi) is 5.70. The zero-order chi connectivity index (χ0) is 15.2. The number of carbonyl (C=O) groups is 1. The fourth-order valence-electron chi connectivity index (χ4n) is 2.57. The molecule has 0 aromatic heterocycles. The molecule has 21 heavy (non-hydrogen) atoms. The van der Waals surface area contributed by atoms with Crippen LogP contribution < -0.4 is 5.32 Å². The molecule has 2 rings (SSSR count). The first-order chi connectivity index (χ1) is 10.1. The summed E-state index contributed by atoms with van der Waals surface area (Å²) in [6, 6.07) is 6.09. The number of benzene rings is 1. The average Bonchev–Trinajstić information content (AvgIpc) is 2.53. The minimum atomic E-state index is -0.257. The number of hydrogen-bond donors (Lipinski definition) is 1. The number of halogens is 1. The minimum Gasteiger partial charge on any atom is -0.351 e. The van der Waals surface area contributed by atoms with Crippen molar-refractivity contribution in [3.05, 3.63) is 35.6 Å². The monoisotopic (exact) mass is 293 g/mol. The van der Waals surface area contributed by atoms with Crippen LogP contribution in [0.25, 0.3) is 0 Å². The molecule has 1 saturated heterocycles. The maximum atomic E-state index is 12.8. The van der Waals surface area contributed by atoms with E-state index in [1.54, 1.807) is 12.1 Å². The first-order valence-corrected chi connectivity index (χ1v) is 7.58. The summed E-state index contributed by atoms with van der Waals surface area (Å²) in [6.07, 6.45) is 0. The van der Waals surface area contributed by atoms with Gasteiger partial charge in [-0.05, 0) is 31.2 Å². The van der Waals surface area contributed by atoms with Crippen molar-refractivity contribution in [1.82, 2.24) is 15.1 Å². The van der Waals surface area contributed by atoms with Gasteiger partial charge in [-0.25, -0.2) is 4.39 Å². The van der Waals surface area contributed by atoms with Crippen molar-refractivity contribution >= 4 is 5.91 Å². The number of piperazine rings is 1. The van der Waals surface area contributed by atoms with Crippen LogP contribution >= 0.6 is 0 Å². The number of nitrogens with zero attached hydrogens (tertiary/aromatic N) is 2. The smallest absolute Gasteiger partial charge is 0.237 e. The molecule has 1 atom stereocenters. The lowest BCUT2D eigenvalue weighted by Crippen LogP contribution is -2.53. The highest BCUT2D eigenvalue weighted by atomic mass is 19.1. The molecule has 0 aliphatic carbocycles. The highest BCUT2D eigenvalue weighted by molar-refractivity contribution is 5.81. The van der Waals surface area contributed by atoms with Crippen molar-refractivity contribution in [2.45, 2.75) is 26.4 Å². The Balaban J connectivity index is 1.78. The summed E-state index contributed by atoms with van der Waals surface area (Å²) >= 11 is 0. The number of rotatable bonds is 5. The van der Waals surface area contributed by atoms with Gasteiger partial charge in [0.25, 0.3) is 0 Å². The molecule has 0 radical (unpaired) electrons. The number of nitrogens with one attached hydrogen (secondary N) is 1. The van der Waals surface area contributed by atoms with Gasteiger partial charge in [-0.1, -0.05) is 19.1 Å². The topological polar surface area (TPSA) is 35.6 Å². The number of hydrogen-bond acceptors (Lipinski definition) is 3. The quantitative estimate of drug-likeness (QED) is 0.893. The molecule has 1 aliphatic heterocycles. The first-order valence-electron chi connectivity index (χ1n) is 7.58. The normalized spacial score (nSPS) is 18.4. The summed E-state index contributed by atoms with van der Waals surface area (Å²) in [5.41, 5.74) is 0.910. The third-order valence-corrected chi connectivity index (χ3v) is 4.16. The van der Waals surface area contributed by atoms with Crippen molar-refractivity contribution in [2.24, 2.45) is 0 Å². The summed E-state index contributed by atoms with van der Waals surface area (Å²) in [7, 11) is 0. The Morgan fingerprint density at radius 1 is 1.24 bits per heavy atom. The molecular weight excluding hydrogens is 269 g/mol. The van der Waals surface area contributed by atoms with Gasteiger partial charge in [0.15, 0.2) is 0 Å². The molecule has 1 unspecified atom stereocenters. The van der Waals surface area contributed by atoms with E-state index < -0.39 is 0 Å². The average molecular weight is 293 g/mol.